The number of hydrogen-bond acceptors (Lipinski definition) is 6. The van der Waals surface area contributed by atoms with Crippen LogP contribution in [-0.4, -0.2) is 32.5 Å². The lowest BCUT2D eigenvalue weighted by Gasteiger charge is -2.26. The van der Waals surface area contributed by atoms with Crippen LogP contribution >= 0.6 is 0 Å². The van der Waals surface area contributed by atoms with Gasteiger partial charge < -0.3 is 4.74 Å². The van der Waals surface area contributed by atoms with E-state index in [1.54, 1.807) is 18.5 Å². The van der Waals surface area contributed by atoms with Crippen molar-refractivity contribution >= 4 is 5.71 Å². The highest BCUT2D eigenvalue weighted by Gasteiger charge is 2.25. The minimum atomic E-state index is -0.0222. The second kappa shape index (κ2) is 13.1. The van der Waals surface area contributed by atoms with Crippen LogP contribution in [0.15, 0.2) is 101 Å². The summed E-state index contributed by atoms with van der Waals surface area (Å²) < 4.78 is 7.81. The molecule has 7 heteroatoms. The summed E-state index contributed by atoms with van der Waals surface area (Å²) in [5.74, 6) is 1.71. The molecule has 2 aromatic heterocycles. The van der Waals surface area contributed by atoms with Crippen LogP contribution in [0.5, 0.6) is 5.75 Å². The van der Waals surface area contributed by atoms with E-state index in [0.717, 1.165) is 41.7 Å². The number of rotatable bonds is 9. The average molecular weight is 534 g/mol. The Balaban J connectivity index is 1.26. The molecule has 2 unspecified atom stereocenters. The van der Waals surface area contributed by atoms with Crippen LogP contribution in [-0.2, 0) is 19.4 Å². The van der Waals surface area contributed by atoms with Crippen molar-refractivity contribution in [3.63, 3.8) is 0 Å². The highest BCUT2D eigenvalue weighted by molar-refractivity contribution is 5.95. The summed E-state index contributed by atoms with van der Waals surface area (Å²) in [6.07, 6.45) is 13.7. The number of benzene rings is 2. The lowest BCUT2D eigenvalue weighted by atomic mass is 9.92. The quantitative estimate of drug-likeness (QED) is 0.261. The third-order valence-electron chi connectivity index (χ3n) is 7.47. The zero-order chi connectivity index (χ0) is 27.7. The van der Waals surface area contributed by atoms with E-state index in [1.165, 1.54) is 0 Å². The van der Waals surface area contributed by atoms with Gasteiger partial charge in [0.25, 0.3) is 0 Å². The van der Waals surface area contributed by atoms with Gasteiger partial charge in [-0.25, -0.2) is 9.97 Å². The first kappa shape index (κ1) is 27.2. The van der Waals surface area contributed by atoms with E-state index in [-0.39, 0.29) is 11.5 Å². The molecule has 204 valence electrons. The van der Waals surface area contributed by atoms with Gasteiger partial charge in [0.05, 0.1) is 18.4 Å². The van der Waals surface area contributed by atoms with Crippen LogP contribution in [0, 0.1) is 5.92 Å². The number of aliphatic imine (C=N–C) groups is 1. The molecule has 0 aliphatic heterocycles. The lowest BCUT2D eigenvalue weighted by molar-refractivity contribution is 0.302. The first-order chi connectivity index (χ1) is 19.6. The molecule has 40 heavy (non-hydrogen) atoms. The maximum absolute atomic E-state index is 12.7. The Kier molecular flexibility index (Phi) is 8.91. The van der Waals surface area contributed by atoms with Crippen molar-refractivity contribution in [1.29, 1.82) is 0 Å². The van der Waals surface area contributed by atoms with Gasteiger partial charge >= 0.3 is 0 Å². The molecule has 2 aromatic carbocycles. The van der Waals surface area contributed by atoms with E-state index in [0.29, 0.717) is 42.6 Å². The summed E-state index contributed by atoms with van der Waals surface area (Å²) in [6.45, 7) is 2.68. The van der Waals surface area contributed by atoms with Crippen molar-refractivity contribution in [2.24, 2.45) is 10.9 Å². The molecule has 0 radical (unpaired) electrons. The van der Waals surface area contributed by atoms with Crippen LogP contribution in [0.4, 0.5) is 0 Å². The molecule has 0 fully saturated rings. The average Bonchev–Trinajstić information content (AvgIpc) is 3.23. The molecule has 1 aliphatic carbocycles. The number of aryl methyl sites for hydroxylation is 2. The fraction of sp³-hybridized carbons (Fsp3) is 0.303. The molecule has 5 rings (SSSR count). The standard InChI is InChI=1S/C33H35N5O2/c1-3-26-12-8-14-28(34-2)20-31(26)38-18-17-32(39)30(37-38)16-15-24-11-7-13-27(19-24)33-35-21-29(22-36-33)40-23-25-9-5-4-6-10-25/h4-11,13-14,17-19,21-22,26,31H,3,12,15-16,20,23H2,1-2H3. The van der Waals surface area contributed by atoms with Gasteiger partial charge in [-0.2, -0.15) is 5.10 Å². The highest BCUT2D eigenvalue weighted by Crippen LogP contribution is 2.30. The van der Waals surface area contributed by atoms with Gasteiger partial charge in [0.1, 0.15) is 12.3 Å². The van der Waals surface area contributed by atoms with E-state index < -0.39 is 0 Å². The van der Waals surface area contributed by atoms with Gasteiger partial charge in [0.2, 0.25) is 5.43 Å². The Morgan fingerprint density at radius 2 is 1.80 bits per heavy atom. The molecule has 1 aliphatic rings. The molecule has 0 N–H and O–H groups in total. The largest absolute Gasteiger partial charge is 0.486 e. The van der Waals surface area contributed by atoms with Crippen LogP contribution in [0.25, 0.3) is 11.4 Å². The van der Waals surface area contributed by atoms with Gasteiger partial charge in [0.15, 0.2) is 11.6 Å². The first-order valence-corrected chi connectivity index (χ1v) is 13.9. The molecule has 0 bridgehead atoms. The molecule has 4 aromatic rings. The smallest absolute Gasteiger partial charge is 0.203 e. The van der Waals surface area contributed by atoms with E-state index >= 15 is 0 Å². The molecule has 2 atom stereocenters. The molecule has 0 spiro atoms. The van der Waals surface area contributed by atoms with E-state index in [1.807, 2.05) is 60.4 Å². The van der Waals surface area contributed by atoms with Crippen molar-refractivity contribution < 1.29 is 4.74 Å². The fourth-order valence-corrected chi connectivity index (χ4v) is 5.13. The Bertz CT molecular complexity index is 1530. The second-order valence-corrected chi connectivity index (χ2v) is 10.1. The molecular formula is C33H35N5O2. The highest BCUT2D eigenvalue weighted by atomic mass is 16.5. The second-order valence-electron chi connectivity index (χ2n) is 10.1. The molecule has 2 heterocycles. The summed E-state index contributed by atoms with van der Waals surface area (Å²) >= 11 is 0. The number of hydrogen-bond donors (Lipinski definition) is 0. The lowest BCUT2D eigenvalue weighted by Crippen LogP contribution is -2.26. The Labute approximate surface area is 235 Å². The molecular weight excluding hydrogens is 498 g/mol. The van der Waals surface area contributed by atoms with Gasteiger partial charge in [0, 0.05) is 37.0 Å². The summed E-state index contributed by atoms with van der Waals surface area (Å²) in [4.78, 5) is 26.2. The third kappa shape index (κ3) is 6.78. The molecule has 0 saturated heterocycles. The van der Waals surface area contributed by atoms with E-state index in [9.17, 15) is 4.79 Å². The number of allylic oxidation sites excluding steroid dienone is 2. The zero-order valence-electron chi connectivity index (χ0n) is 23.1. The molecule has 0 saturated carbocycles. The minimum absolute atomic E-state index is 0.0222. The zero-order valence-corrected chi connectivity index (χ0v) is 23.1. The van der Waals surface area contributed by atoms with Gasteiger partial charge in [-0.1, -0.05) is 68.0 Å². The van der Waals surface area contributed by atoms with E-state index in [2.05, 4.69) is 46.2 Å². The third-order valence-corrected chi connectivity index (χ3v) is 7.47. The van der Waals surface area contributed by atoms with Gasteiger partial charge in [-0.05, 0) is 48.4 Å². The number of nitrogens with zero attached hydrogens (tertiary/aromatic N) is 5. The summed E-state index contributed by atoms with van der Waals surface area (Å²) in [5.41, 5.74) is 4.76. The first-order valence-electron chi connectivity index (χ1n) is 13.9. The number of aromatic nitrogens is 4. The van der Waals surface area contributed by atoms with Crippen LogP contribution in [0.1, 0.15) is 49.0 Å². The monoisotopic (exact) mass is 533 g/mol. The Morgan fingerprint density at radius 3 is 2.58 bits per heavy atom. The topological polar surface area (TPSA) is 82.3 Å². The Hall–Kier alpha value is -4.39. The predicted molar refractivity (Wildman–Crippen MR) is 159 cm³/mol. The van der Waals surface area contributed by atoms with Crippen molar-refractivity contribution in [3.05, 3.63) is 118 Å². The normalized spacial score (nSPS) is 18.0. The summed E-state index contributed by atoms with van der Waals surface area (Å²) in [7, 11) is 1.83. The van der Waals surface area contributed by atoms with Crippen molar-refractivity contribution in [2.75, 3.05) is 7.05 Å². The minimum Gasteiger partial charge on any atom is -0.486 e. The summed E-state index contributed by atoms with van der Waals surface area (Å²) in [5, 5.41) is 4.83. The van der Waals surface area contributed by atoms with Crippen LogP contribution < -0.4 is 10.2 Å². The molecule has 0 amide bonds. The van der Waals surface area contributed by atoms with Crippen molar-refractivity contribution in [1.82, 2.24) is 19.7 Å². The van der Waals surface area contributed by atoms with Crippen molar-refractivity contribution in [3.8, 4) is 17.1 Å². The fourth-order valence-electron chi connectivity index (χ4n) is 5.13. The summed E-state index contributed by atoms with van der Waals surface area (Å²) in [6, 6.07) is 20.0. The van der Waals surface area contributed by atoms with Crippen LogP contribution in [0.3, 0.4) is 0 Å². The Morgan fingerprint density at radius 1 is 1.00 bits per heavy atom. The molecule has 7 nitrogen and oxygen atoms in total. The van der Waals surface area contributed by atoms with Gasteiger partial charge in [-0.15, -0.1) is 0 Å². The van der Waals surface area contributed by atoms with Crippen LogP contribution in [0.2, 0.25) is 0 Å². The van der Waals surface area contributed by atoms with Crippen molar-refractivity contribution in [2.45, 2.75) is 51.7 Å². The predicted octanol–water partition coefficient (Wildman–Crippen LogP) is 6.05. The SMILES string of the molecule is CCC1CC=CC(=NC)CC1n1ccc(=O)c(CCc2cccc(-c3ncc(OCc4ccccc4)cn3)c2)n1. The maximum Gasteiger partial charge on any atom is 0.203 e. The van der Waals surface area contributed by atoms with E-state index in [4.69, 9.17) is 9.84 Å². The maximum atomic E-state index is 12.7. The number of ether oxygens (including phenoxy) is 1. The van der Waals surface area contributed by atoms with Gasteiger partial charge in [-0.3, -0.25) is 14.5 Å².